The van der Waals surface area contributed by atoms with E-state index in [1.807, 2.05) is 0 Å². The monoisotopic (exact) mass is 614 g/mol. The van der Waals surface area contributed by atoms with Gasteiger partial charge in [-0.25, -0.2) is 0 Å². The molecule has 0 amide bonds. The summed E-state index contributed by atoms with van der Waals surface area (Å²) in [6, 6.07) is 60.5. The van der Waals surface area contributed by atoms with Crippen LogP contribution in [0.4, 0.5) is 5.69 Å². The Balaban J connectivity index is 1.16. The third-order valence-electron chi connectivity index (χ3n) is 10.2. The molecule has 1 spiro atoms. The molecule has 0 bridgehead atoms. The van der Waals surface area contributed by atoms with Gasteiger partial charge in [0, 0.05) is 27.9 Å². The molecule has 2 aliphatic heterocycles. The molecule has 2 heterocycles. The molecule has 1 aliphatic carbocycles. The van der Waals surface area contributed by atoms with Crippen molar-refractivity contribution in [2.24, 2.45) is 4.99 Å². The fourth-order valence-corrected chi connectivity index (χ4v) is 8.10. The van der Waals surface area contributed by atoms with Crippen molar-refractivity contribution in [3.05, 3.63) is 209 Å². The fraction of sp³-hybridized carbons (Fsp3) is 0.0444. The second-order valence-electron chi connectivity index (χ2n) is 12.7. The fourth-order valence-electron chi connectivity index (χ4n) is 8.10. The van der Waals surface area contributed by atoms with Gasteiger partial charge in [0.05, 0.1) is 5.41 Å². The van der Waals surface area contributed by atoms with Gasteiger partial charge in [-0.1, -0.05) is 146 Å². The molecule has 48 heavy (non-hydrogen) atoms. The summed E-state index contributed by atoms with van der Waals surface area (Å²) in [6.07, 6.45) is 0. The minimum absolute atomic E-state index is 0.133. The number of amidine groups is 1. The quantitative estimate of drug-likeness (QED) is 0.215. The number of aliphatic imine (C=N–C) groups is 1. The highest BCUT2D eigenvalue weighted by Gasteiger charge is 2.51. The molecule has 10 rings (SSSR count). The average Bonchev–Trinajstić information content (AvgIpc) is 3.45. The first-order chi connectivity index (χ1) is 23.8. The summed E-state index contributed by atoms with van der Waals surface area (Å²) in [5, 5.41) is 3.72. The van der Waals surface area contributed by atoms with Gasteiger partial charge >= 0.3 is 0 Å². The number of nitrogens with zero attached hydrogens (tertiary/aromatic N) is 1. The first kappa shape index (κ1) is 27.0. The lowest BCUT2D eigenvalue weighted by Crippen LogP contribution is -2.32. The molecule has 7 aromatic carbocycles. The van der Waals surface area contributed by atoms with E-state index in [1.54, 1.807) is 0 Å². The van der Waals surface area contributed by atoms with Gasteiger partial charge in [-0.3, -0.25) is 4.99 Å². The summed E-state index contributed by atoms with van der Waals surface area (Å²) in [4.78, 5) is 5.44. The average molecular weight is 615 g/mol. The van der Waals surface area contributed by atoms with Crippen LogP contribution in [0.25, 0.3) is 22.3 Å². The minimum Gasteiger partial charge on any atom is -0.457 e. The van der Waals surface area contributed by atoms with Crippen molar-refractivity contribution < 1.29 is 4.74 Å². The van der Waals surface area contributed by atoms with E-state index < -0.39 is 5.41 Å². The van der Waals surface area contributed by atoms with Gasteiger partial charge in [-0.15, -0.1) is 0 Å². The van der Waals surface area contributed by atoms with E-state index >= 15 is 0 Å². The van der Waals surface area contributed by atoms with E-state index in [1.165, 1.54) is 44.5 Å². The van der Waals surface area contributed by atoms with Crippen LogP contribution in [0.1, 0.15) is 45.0 Å². The van der Waals surface area contributed by atoms with Crippen molar-refractivity contribution in [2.75, 3.05) is 5.32 Å². The first-order valence-electron chi connectivity index (χ1n) is 16.5. The molecule has 0 aromatic heterocycles. The van der Waals surface area contributed by atoms with Crippen LogP contribution in [0.3, 0.4) is 0 Å². The van der Waals surface area contributed by atoms with Crippen molar-refractivity contribution >= 4 is 11.5 Å². The Hall–Kier alpha value is -6.19. The van der Waals surface area contributed by atoms with Crippen LogP contribution in [0.15, 0.2) is 175 Å². The van der Waals surface area contributed by atoms with Gasteiger partial charge < -0.3 is 10.1 Å². The van der Waals surface area contributed by atoms with E-state index in [0.717, 1.165) is 39.7 Å². The van der Waals surface area contributed by atoms with E-state index in [9.17, 15) is 0 Å². The number of fused-ring (bicyclic) bond motifs is 10. The minimum atomic E-state index is -0.521. The van der Waals surface area contributed by atoms with Crippen molar-refractivity contribution in [1.29, 1.82) is 0 Å². The summed E-state index contributed by atoms with van der Waals surface area (Å²) in [6.45, 7) is 0. The number of para-hydroxylation sites is 3. The number of anilines is 1. The van der Waals surface area contributed by atoms with Crippen LogP contribution in [-0.4, -0.2) is 5.84 Å². The zero-order valence-corrected chi connectivity index (χ0v) is 26.1. The molecule has 3 nitrogen and oxygen atoms in total. The Bertz CT molecular complexity index is 2360. The lowest BCUT2D eigenvalue weighted by molar-refractivity contribution is 0.436. The summed E-state index contributed by atoms with van der Waals surface area (Å²) in [7, 11) is 0. The normalized spacial score (nSPS) is 15.9. The van der Waals surface area contributed by atoms with E-state index in [0.29, 0.717) is 0 Å². The standard InChI is InChI=1S/C45H30N2O/c1-2-12-29(13-3-1)30-22-24-31(25-23-30)43-35-15-5-9-19-40(35)46-44(47-43)32-26-27-34-33-14-4-6-16-36(33)45(39(34)28-32)37-17-7-10-20-41(37)48-42-21-11-8-18-38(42)45/h1-28,43H,(H,46,47). The zero-order chi connectivity index (χ0) is 31.7. The van der Waals surface area contributed by atoms with Crippen LogP contribution in [0.2, 0.25) is 0 Å². The Morgan fingerprint density at radius 3 is 1.83 bits per heavy atom. The van der Waals surface area contributed by atoms with Crippen LogP contribution in [0.5, 0.6) is 11.5 Å². The predicted molar refractivity (Wildman–Crippen MR) is 194 cm³/mol. The molecule has 3 heteroatoms. The number of benzene rings is 7. The molecule has 3 aliphatic rings. The highest BCUT2D eigenvalue weighted by Crippen LogP contribution is 2.62. The Kier molecular flexibility index (Phi) is 5.85. The smallest absolute Gasteiger partial charge is 0.133 e. The molecule has 1 unspecified atom stereocenters. The Morgan fingerprint density at radius 2 is 1.06 bits per heavy atom. The van der Waals surface area contributed by atoms with Gasteiger partial charge in [0.25, 0.3) is 0 Å². The lowest BCUT2D eigenvalue weighted by atomic mass is 9.66. The topological polar surface area (TPSA) is 33.6 Å². The van der Waals surface area contributed by atoms with Crippen LogP contribution >= 0.6 is 0 Å². The Morgan fingerprint density at radius 1 is 0.479 bits per heavy atom. The molecular formula is C45H30N2O. The van der Waals surface area contributed by atoms with Crippen molar-refractivity contribution in [2.45, 2.75) is 11.5 Å². The highest BCUT2D eigenvalue weighted by molar-refractivity contribution is 6.11. The van der Waals surface area contributed by atoms with Crippen LogP contribution in [-0.2, 0) is 5.41 Å². The molecular weight excluding hydrogens is 585 g/mol. The van der Waals surface area contributed by atoms with Crippen LogP contribution < -0.4 is 10.1 Å². The summed E-state index contributed by atoms with van der Waals surface area (Å²) >= 11 is 0. The van der Waals surface area contributed by atoms with Gasteiger partial charge in [-0.05, 0) is 63.2 Å². The number of nitrogens with one attached hydrogen (secondary N) is 1. The maximum absolute atomic E-state index is 6.54. The SMILES string of the molecule is c1ccc(-c2ccc(C3N=C(c4ccc5c(c4)C4(c6ccccc6Oc6ccccc64)c4ccccc4-5)Nc4ccccc43)cc2)cc1. The zero-order valence-electron chi connectivity index (χ0n) is 26.1. The lowest BCUT2D eigenvalue weighted by Gasteiger charge is -2.39. The predicted octanol–water partition coefficient (Wildman–Crippen LogP) is 10.8. The summed E-state index contributed by atoms with van der Waals surface area (Å²) < 4.78 is 6.54. The van der Waals surface area contributed by atoms with E-state index in [4.69, 9.17) is 9.73 Å². The van der Waals surface area contributed by atoms with E-state index in [-0.39, 0.29) is 6.04 Å². The molecule has 0 radical (unpaired) electrons. The molecule has 0 saturated heterocycles. The largest absolute Gasteiger partial charge is 0.457 e. The third kappa shape index (κ3) is 3.85. The summed E-state index contributed by atoms with van der Waals surface area (Å²) in [5.41, 5.74) is 13.7. The maximum Gasteiger partial charge on any atom is 0.133 e. The number of rotatable bonds is 3. The van der Waals surface area contributed by atoms with Crippen molar-refractivity contribution in [3.8, 4) is 33.8 Å². The van der Waals surface area contributed by atoms with Crippen LogP contribution in [0, 0.1) is 0 Å². The molecule has 226 valence electrons. The second kappa shape index (κ2) is 10.4. The number of hydrogen-bond donors (Lipinski definition) is 1. The van der Waals surface area contributed by atoms with Gasteiger partial charge in [-0.2, -0.15) is 0 Å². The van der Waals surface area contributed by atoms with E-state index in [2.05, 4.69) is 175 Å². The Labute approximate surface area is 279 Å². The highest BCUT2D eigenvalue weighted by atomic mass is 16.5. The second-order valence-corrected chi connectivity index (χ2v) is 12.7. The molecule has 1 atom stereocenters. The number of hydrogen-bond acceptors (Lipinski definition) is 3. The van der Waals surface area contributed by atoms with Gasteiger partial charge in [0.15, 0.2) is 0 Å². The van der Waals surface area contributed by atoms with Crippen molar-refractivity contribution in [1.82, 2.24) is 0 Å². The molecule has 0 saturated carbocycles. The van der Waals surface area contributed by atoms with Gasteiger partial charge in [0.2, 0.25) is 0 Å². The molecule has 7 aromatic rings. The van der Waals surface area contributed by atoms with Gasteiger partial charge in [0.1, 0.15) is 23.4 Å². The maximum atomic E-state index is 6.54. The molecule has 0 fully saturated rings. The molecule has 1 N–H and O–H groups in total. The first-order valence-corrected chi connectivity index (χ1v) is 16.5. The third-order valence-corrected chi connectivity index (χ3v) is 10.2. The van der Waals surface area contributed by atoms with Crippen molar-refractivity contribution in [3.63, 3.8) is 0 Å². The number of ether oxygens (including phenoxy) is 1. The summed E-state index contributed by atoms with van der Waals surface area (Å²) in [5.74, 6) is 2.66.